The van der Waals surface area contributed by atoms with Gasteiger partial charge in [-0.15, -0.1) is 0 Å². The normalized spacial score (nSPS) is 13.1. The van der Waals surface area contributed by atoms with Crippen LogP contribution < -0.4 is 5.73 Å². The van der Waals surface area contributed by atoms with Gasteiger partial charge in [-0.05, 0) is 44.6 Å². The van der Waals surface area contributed by atoms with E-state index < -0.39 is 0 Å². The Bertz CT molecular complexity index is 337. The molecule has 0 aliphatic heterocycles. The predicted octanol–water partition coefficient (Wildman–Crippen LogP) is 1.91. The lowest BCUT2D eigenvalue weighted by molar-refractivity contribution is 0.385. The summed E-state index contributed by atoms with van der Waals surface area (Å²) >= 11 is 0. The number of rotatable bonds is 5. The van der Waals surface area contributed by atoms with Gasteiger partial charge in [0.1, 0.15) is 5.75 Å². The number of aromatic hydroxyl groups is 1. The van der Waals surface area contributed by atoms with Crippen molar-refractivity contribution in [2.75, 3.05) is 20.6 Å². The van der Waals surface area contributed by atoms with Crippen molar-refractivity contribution < 1.29 is 5.11 Å². The van der Waals surface area contributed by atoms with Crippen molar-refractivity contribution in [3.05, 3.63) is 29.3 Å². The molecule has 1 unspecified atom stereocenters. The Morgan fingerprint density at radius 3 is 2.62 bits per heavy atom. The topological polar surface area (TPSA) is 49.5 Å². The molecule has 1 rings (SSSR count). The van der Waals surface area contributed by atoms with Crippen LogP contribution in [0.1, 0.15) is 30.4 Å². The SMILES string of the molecule is CC(CCN)c1ccc(O)c(CN(C)C)c1. The summed E-state index contributed by atoms with van der Waals surface area (Å²) in [5, 5.41) is 9.74. The molecule has 0 amide bonds. The fourth-order valence-electron chi connectivity index (χ4n) is 1.80. The summed E-state index contributed by atoms with van der Waals surface area (Å²) in [4.78, 5) is 2.05. The molecule has 0 radical (unpaired) electrons. The maximum absolute atomic E-state index is 9.74. The molecule has 0 aromatic heterocycles. The lowest BCUT2D eigenvalue weighted by atomic mass is 9.95. The molecule has 0 spiro atoms. The Balaban J connectivity index is 2.88. The maximum Gasteiger partial charge on any atom is 0.120 e. The van der Waals surface area contributed by atoms with Gasteiger partial charge in [0, 0.05) is 12.1 Å². The van der Waals surface area contributed by atoms with Gasteiger partial charge in [0.15, 0.2) is 0 Å². The second kappa shape index (κ2) is 5.87. The zero-order valence-corrected chi connectivity index (χ0v) is 10.4. The number of benzene rings is 1. The van der Waals surface area contributed by atoms with Crippen LogP contribution in [-0.2, 0) is 6.54 Å². The van der Waals surface area contributed by atoms with E-state index in [1.807, 2.05) is 25.1 Å². The molecule has 0 heterocycles. The molecule has 0 saturated heterocycles. The molecule has 1 aromatic rings. The van der Waals surface area contributed by atoms with Crippen molar-refractivity contribution >= 4 is 0 Å². The first-order chi connectivity index (χ1) is 7.54. The highest BCUT2D eigenvalue weighted by atomic mass is 16.3. The van der Waals surface area contributed by atoms with Crippen LogP contribution in [0.2, 0.25) is 0 Å². The summed E-state index contributed by atoms with van der Waals surface area (Å²) < 4.78 is 0. The summed E-state index contributed by atoms with van der Waals surface area (Å²) in [6.45, 7) is 3.62. The van der Waals surface area contributed by atoms with Gasteiger partial charge in [0.2, 0.25) is 0 Å². The van der Waals surface area contributed by atoms with E-state index in [0.717, 1.165) is 18.5 Å². The molecule has 0 aliphatic carbocycles. The summed E-state index contributed by atoms with van der Waals surface area (Å²) in [5.41, 5.74) is 7.79. The number of hydrogen-bond acceptors (Lipinski definition) is 3. The third kappa shape index (κ3) is 3.51. The highest BCUT2D eigenvalue weighted by Gasteiger charge is 2.08. The lowest BCUT2D eigenvalue weighted by Gasteiger charge is -2.15. The van der Waals surface area contributed by atoms with Crippen LogP contribution in [0.15, 0.2) is 18.2 Å². The van der Waals surface area contributed by atoms with Crippen molar-refractivity contribution in [1.29, 1.82) is 0 Å². The highest BCUT2D eigenvalue weighted by molar-refractivity contribution is 5.37. The van der Waals surface area contributed by atoms with E-state index in [1.165, 1.54) is 5.56 Å². The largest absolute Gasteiger partial charge is 0.508 e. The summed E-state index contributed by atoms with van der Waals surface area (Å²) in [5.74, 6) is 0.823. The smallest absolute Gasteiger partial charge is 0.120 e. The van der Waals surface area contributed by atoms with Crippen molar-refractivity contribution in [3.8, 4) is 5.75 Å². The van der Waals surface area contributed by atoms with Crippen molar-refractivity contribution in [1.82, 2.24) is 4.90 Å². The minimum absolute atomic E-state index is 0.373. The van der Waals surface area contributed by atoms with Gasteiger partial charge < -0.3 is 15.7 Å². The van der Waals surface area contributed by atoms with Crippen LogP contribution in [0.4, 0.5) is 0 Å². The first kappa shape index (κ1) is 13.0. The molecule has 3 heteroatoms. The zero-order chi connectivity index (χ0) is 12.1. The van der Waals surface area contributed by atoms with Crippen molar-refractivity contribution in [2.24, 2.45) is 5.73 Å². The minimum atomic E-state index is 0.373. The average molecular weight is 222 g/mol. The van der Waals surface area contributed by atoms with Crippen LogP contribution in [0.3, 0.4) is 0 Å². The van der Waals surface area contributed by atoms with E-state index in [0.29, 0.717) is 18.2 Å². The Labute approximate surface area is 97.9 Å². The van der Waals surface area contributed by atoms with Crippen LogP contribution in [-0.4, -0.2) is 30.6 Å². The molecule has 3 N–H and O–H groups in total. The van der Waals surface area contributed by atoms with Gasteiger partial charge in [-0.1, -0.05) is 19.1 Å². The minimum Gasteiger partial charge on any atom is -0.508 e. The maximum atomic E-state index is 9.74. The predicted molar refractivity (Wildman–Crippen MR) is 67.6 cm³/mol. The van der Waals surface area contributed by atoms with Crippen LogP contribution in [0.5, 0.6) is 5.75 Å². The molecule has 0 fully saturated rings. The molecular weight excluding hydrogens is 200 g/mol. The fraction of sp³-hybridized carbons (Fsp3) is 0.538. The van der Waals surface area contributed by atoms with Crippen LogP contribution in [0, 0.1) is 0 Å². The van der Waals surface area contributed by atoms with E-state index in [2.05, 4.69) is 13.0 Å². The standard InChI is InChI=1S/C13H22N2O/c1-10(6-7-14)11-4-5-13(16)12(8-11)9-15(2)3/h4-5,8,10,16H,6-7,9,14H2,1-3H3. The van der Waals surface area contributed by atoms with Gasteiger partial charge in [0.05, 0.1) is 0 Å². The molecule has 0 bridgehead atoms. The Kier molecular flexibility index (Phi) is 4.77. The zero-order valence-electron chi connectivity index (χ0n) is 10.4. The first-order valence-corrected chi connectivity index (χ1v) is 5.71. The summed E-state index contributed by atoms with van der Waals surface area (Å²) in [7, 11) is 3.99. The number of nitrogens with zero attached hydrogens (tertiary/aromatic N) is 1. The third-order valence-electron chi connectivity index (χ3n) is 2.76. The lowest BCUT2D eigenvalue weighted by Crippen LogP contribution is -2.11. The van der Waals surface area contributed by atoms with Crippen LogP contribution in [0.25, 0.3) is 0 Å². The van der Waals surface area contributed by atoms with E-state index >= 15 is 0 Å². The second-order valence-corrected chi connectivity index (χ2v) is 4.60. The Morgan fingerprint density at radius 1 is 1.38 bits per heavy atom. The molecular formula is C13H22N2O. The molecule has 16 heavy (non-hydrogen) atoms. The van der Waals surface area contributed by atoms with Gasteiger partial charge in [-0.3, -0.25) is 0 Å². The summed E-state index contributed by atoms with van der Waals surface area (Å²) in [6, 6.07) is 5.84. The van der Waals surface area contributed by atoms with Crippen molar-refractivity contribution in [3.63, 3.8) is 0 Å². The molecule has 90 valence electrons. The van der Waals surface area contributed by atoms with E-state index in [1.54, 1.807) is 6.07 Å². The fourth-order valence-corrected chi connectivity index (χ4v) is 1.80. The number of phenolic OH excluding ortho intramolecular Hbond substituents is 1. The van der Waals surface area contributed by atoms with E-state index in [9.17, 15) is 5.11 Å². The molecule has 0 saturated carbocycles. The van der Waals surface area contributed by atoms with Gasteiger partial charge in [0.25, 0.3) is 0 Å². The molecule has 1 atom stereocenters. The third-order valence-corrected chi connectivity index (χ3v) is 2.76. The summed E-state index contributed by atoms with van der Waals surface area (Å²) in [6.07, 6.45) is 0.978. The van der Waals surface area contributed by atoms with Gasteiger partial charge >= 0.3 is 0 Å². The highest BCUT2D eigenvalue weighted by Crippen LogP contribution is 2.25. The van der Waals surface area contributed by atoms with E-state index in [-0.39, 0.29) is 0 Å². The number of nitrogens with two attached hydrogens (primary N) is 1. The number of hydrogen-bond donors (Lipinski definition) is 2. The second-order valence-electron chi connectivity index (χ2n) is 4.60. The van der Waals surface area contributed by atoms with Crippen molar-refractivity contribution in [2.45, 2.75) is 25.8 Å². The Morgan fingerprint density at radius 2 is 2.06 bits per heavy atom. The number of phenols is 1. The first-order valence-electron chi connectivity index (χ1n) is 5.71. The van der Waals surface area contributed by atoms with Gasteiger partial charge in [-0.2, -0.15) is 0 Å². The average Bonchev–Trinajstić information content (AvgIpc) is 2.21. The van der Waals surface area contributed by atoms with Gasteiger partial charge in [-0.25, -0.2) is 0 Å². The molecule has 1 aromatic carbocycles. The van der Waals surface area contributed by atoms with E-state index in [4.69, 9.17) is 5.73 Å². The van der Waals surface area contributed by atoms with Crippen LogP contribution >= 0.6 is 0 Å². The monoisotopic (exact) mass is 222 g/mol. The Hall–Kier alpha value is -1.06. The quantitative estimate of drug-likeness (QED) is 0.800. The molecule has 3 nitrogen and oxygen atoms in total. The molecule has 0 aliphatic rings.